The second-order valence-corrected chi connectivity index (χ2v) is 7.26. The van der Waals surface area contributed by atoms with Crippen LogP contribution in [0.25, 0.3) is 0 Å². The first kappa shape index (κ1) is 19.4. The smallest absolute Gasteiger partial charge is 0.255 e. The van der Waals surface area contributed by atoms with Crippen molar-refractivity contribution in [2.24, 2.45) is 0 Å². The SMILES string of the molecule is CNCCN(C)c1ccc(C(=O)N2CCC[C@H](c3ccccc3)CC2)cn1. The molecule has 3 rings (SSSR count). The Balaban J connectivity index is 1.60. The summed E-state index contributed by atoms with van der Waals surface area (Å²) < 4.78 is 0. The molecule has 5 nitrogen and oxygen atoms in total. The zero-order valence-corrected chi connectivity index (χ0v) is 16.4. The van der Waals surface area contributed by atoms with E-state index in [0.29, 0.717) is 11.5 Å². The van der Waals surface area contributed by atoms with Gasteiger partial charge in [0.05, 0.1) is 5.56 Å². The molecule has 1 saturated heterocycles. The fourth-order valence-electron chi connectivity index (χ4n) is 3.67. The molecule has 1 aliphatic rings. The van der Waals surface area contributed by atoms with E-state index in [4.69, 9.17) is 0 Å². The largest absolute Gasteiger partial charge is 0.358 e. The number of likely N-dealkylation sites (tertiary alicyclic amines) is 1. The van der Waals surface area contributed by atoms with E-state index in [1.54, 1.807) is 6.20 Å². The highest BCUT2D eigenvalue weighted by molar-refractivity contribution is 5.94. The number of rotatable bonds is 6. The van der Waals surface area contributed by atoms with Crippen LogP contribution < -0.4 is 10.2 Å². The number of amides is 1. The van der Waals surface area contributed by atoms with Gasteiger partial charge in [-0.2, -0.15) is 0 Å². The molecule has 5 heteroatoms. The number of hydrogen-bond acceptors (Lipinski definition) is 4. The maximum absolute atomic E-state index is 12.9. The zero-order valence-electron chi connectivity index (χ0n) is 16.4. The molecular formula is C22H30N4O. The second-order valence-electron chi connectivity index (χ2n) is 7.26. The van der Waals surface area contributed by atoms with Crippen LogP contribution in [-0.2, 0) is 0 Å². The molecule has 0 unspecified atom stereocenters. The molecule has 1 fully saturated rings. The first-order valence-corrected chi connectivity index (χ1v) is 9.85. The maximum Gasteiger partial charge on any atom is 0.255 e. The van der Waals surface area contributed by atoms with E-state index >= 15 is 0 Å². The summed E-state index contributed by atoms with van der Waals surface area (Å²) in [4.78, 5) is 21.5. The van der Waals surface area contributed by atoms with Crippen LogP contribution in [-0.4, -0.2) is 56.1 Å². The van der Waals surface area contributed by atoms with Gasteiger partial charge in [0.2, 0.25) is 0 Å². The van der Waals surface area contributed by atoms with Gasteiger partial charge in [-0.05, 0) is 49.9 Å². The fraction of sp³-hybridized carbons (Fsp3) is 0.455. The van der Waals surface area contributed by atoms with Gasteiger partial charge in [0, 0.05) is 39.4 Å². The molecule has 1 aliphatic heterocycles. The summed E-state index contributed by atoms with van der Waals surface area (Å²) in [7, 11) is 3.95. The normalized spacial score (nSPS) is 17.4. The van der Waals surface area contributed by atoms with Crippen molar-refractivity contribution in [3.63, 3.8) is 0 Å². The highest BCUT2D eigenvalue weighted by Crippen LogP contribution is 2.28. The summed E-state index contributed by atoms with van der Waals surface area (Å²) >= 11 is 0. The Morgan fingerprint density at radius 2 is 2.00 bits per heavy atom. The van der Waals surface area contributed by atoms with E-state index in [9.17, 15) is 4.79 Å². The third-order valence-electron chi connectivity index (χ3n) is 5.37. The van der Waals surface area contributed by atoms with Crippen LogP contribution in [0.5, 0.6) is 0 Å². The van der Waals surface area contributed by atoms with Gasteiger partial charge in [-0.25, -0.2) is 4.98 Å². The van der Waals surface area contributed by atoms with Crippen molar-refractivity contribution in [3.8, 4) is 0 Å². The average molecular weight is 367 g/mol. The van der Waals surface area contributed by atoms with Crippen LogP contribution in [0.15, 0.2) is 48.7 Å². The number of aromatic nitrogens is 1. The molecule has 0 radical (unpaired) electrons. The molecule has 0 aliphatic carbocycles. The topological polar surface area (TPSA) is 48.5 Å². The molecule has 0 bridgehead atoms. The third kappa shape index (κ3) is 5.07. The van der Waals surface area contributed by atoms with Crippen LogP contribution in [0.1, 0.15) is 41.1 Å². The quantitative estimate of drug-likeness (QED) is 0.853. The van der Waals surface area contributed by atoms with Crippen molar-refractivity contribution in [1.29, 1.82) is 0 Å². The lowest BCUT2D eigenvalue weighted by molar-refractivity contribution is 0.0760. The number of pyridine rings is 1. The van der Waals surface area contributed by atoms with Gasteiger partial charge in [-0.15, -0.1) is 0 Å². The number of benzene rings is 1. The van der Waals surface area contributed by atoms with Crippen LogP contribution in [0, 0.1) is 0 Å². The summed E-state index contributed by atoms with van der Waals surface area (Å²) in [6.45, 7) is 3.41. The van der Waals surface area contributed by atoms with E-state index < -0.39 is 0 Å². The molecule has 0 spiro atoms. The van der Waals surface area contributed by atoms with E-state index in [1.807, 2.05) is 31.1 Å². The van der Waals surface area contributed by atoms with Gasteiger partial charge in [0.1, 0.15) is 5.82 Å². The molecule has 144 valence electrons. The number of nitrogens with one attached hydrogen (secondary N) is 1. The van der Waals surface area contributed by atoms with E-state index in [1.165, 1.54) is 5.56 Å². The summed E-state index contributed by atoms with van der Waals surface area (Å²) in [5.41, 5.74) is 2.07. The predicted molar refractivity (Wildman–Crippen MR) is 110 cm³/mol. The molecule has 1 aromatic heterocycles. The summed E-state index contributed by atoms with van der Waals surface area (Å²) in [5, 5.41) is 3.13. The Bertz CT molecular complexity index is 717. The highest BCUT2D eigenvalue weighted by Gasteiger charge is 2.22. The number of nitrogens with zero attached hydrogens (tertiary/aromatic N) is 3. The summed E-state index contributed by atoms with van der Waals surface area (Å²) in [6, 6.07) is 14.5. The Labute approximate surface area is 162 Å². The number of likely N-dealkylation sites (N-methyl/N-ethyl adjacent to an activating group) is 2. The Morgan fingerprint density at radius 3 is 2.70 bits per heavy atom. The molecule has 1 atom stereocenters. The lowest BCUT2D eigenvalue weighted by Gasteiger charge is -2.22. The van der Waals surface area contributed by atoms with Gasteiger partial charge < -0.3 is 15.1 Å². The standard InChI is InChI=1S/C22H30N4O/c1-23-13-16-25(2)21-11-10-20(17-24-21)22(27)26-14-6-9-19(12-15-26)18-7-4-3-5-8-18/h3-5,7-8,10-11,17,19,23H,6,9,12-16H2,1-2H3/t19-/m0/s1. The highest BCUT2D eigenvalue weighted by atomic mass is 16.2. The van der Waals surface area contributed by atoms with Crippen molar-refractivity contribution < 1.29 is 4.79 Å². The van der Waals surface area contributed by atoms with Crippen molar-refractivity contribution in [3.05, 3.63) is 59.8 Å². The van der Waals surface area contributed by atoms with Gasteiger partial charge in [0.15, 0.2) is 0 Å². The van der Waals surface area contributed by atoms with Crippen molar-refractivity contribution in [2.45, 2.75) is 25.2 Å². The van der Waals surface area contributed by atoms with Crippen LogP contribution in [0.2, 0.25) is 0 Å². The molecule has 1 N–H and O–H groups in total. The molecule has 2 heterocycles. The molecule has 1 aromatic carbocycles. The number of carbonyl (C=O) groups excluding carboxylic acids is 1. The van der Waals surface area contributed by atoms with Crippen molar-refractivity contribution in [1.82, 2.24) is 15.2 Å². The predicted octanol–water partition coefficient (Wildman–Crippen LogP) is 3.15. The number of anilines is 1. The maximum atomic E-state index is 12.9. The molecule has 2 aromatic rings. The minimum atomic E-state index is 0.0978. The third-order valence-corrected chi connectivity index (χ3v) is 5.37. The van der Waals surface area contributed by atoms with Crippen molar-refractivity contribution >= 4 is 11.7 Å². The van der Waals surface area contributed by atoms with Gasteiger partial charge in [-0.3, -0.25) is 4.79 Å². The zero-order chi connectivity index (χ0) is 19.1. The van der Waals surface area contributed by atoms with E-state index in [0.717, 1.165) is 51.3 Å². The van der Waals surface area contributed by atoms with Crippen molar-refractivity contribution in [2.75, 3.05) is 45.2 Å². The van der Waals surface area contributed by atoms with Crippen LogP contribution in [0.3, 0.4) is 0 Å². The average Bonchev–Trinajstić information content (AvgIpc) is 2.98. The monoisotopic (exact) mass is 366 g/mol. The molecular weight excluding hydrogens is 336 g/mol. The van der Waals surface area contributed by atoms with Gasteiger partial charge in [0.25, 0.3) is 5.91 Å². The molecule has 27 heavy (non-hydrogen) atoms. The second kappa shape index (κ2) is 9.51. The summed E-state index contributed by atoms with van der Waals surface area (Å²) in [5.74, 6) is 1.53. The Kier molecular flexibility index (Phi) is 6.82. The number of carbonyl (C=O) groups is 1. The van der Waals surface area contributed by atoms with E-state index in [-0.39, 0.29) is 5.91 Å². The molecule has 1 amide bonds. The lowest BCUT2D eigenvalue weighted by atomic mass is 9.92. The van der Waals surface area contributed by atoms with E-state index in [2.05, 4.69) is 45.5 Å². The fourth-order valence-corrected chi connectivity index (χ4v) is 3.67. The van der Waals surface area contributed by atoms with Gasteiger partial charge in [-0.1, -0.05) is 30.3 Å². The Morgan fingerprint density at radius 1 is 1.19 bits per heavy atom. The molecule has 0 saturated carbocycles. The van der Waals surface area contributed by atoms with Crippen LogP contribution in [0.4, 0.5) is 5.82 Å². The Hall–Kier alpha value is -2.40. The number of hydrogen-bond donors (Lipinski definition) is 1. The van der Waals surface area contributed by atoms with Crippen LogP contribution >= 0.6 is 0 Å². The first-order valence-electron chi connectivity index (χ1n) is 9.85. The first-order chi connectivity index (χ1) is 13.2. The lowest BCUT2D eigenvalue weighted by Crippen LogP contribution is -2.32. The minimum Gasteiger partial charge on any atom is -0.358 e. The minimum absolute atomic E-state index is 0.0978. The van der Waals surface area contributed by atoms with Gasteiger partial charge >= 0.3 is 0 Å². The summed E-state index contributed by atoms with van der Waals surface area (Å²) in [6.07, 6.45) is 4.92.